The molecule has 1 aromatic carbocycles. The number of nitrogens with zero attached hydrogens (tertiary/aromatic N) is 1. The Morgan fingerprint density at radius 3 is 2.79 bits per heavy atom. The number of hydrogen-bond acceptors (Lipinski definition) is 3. The third kappa shape index (κ3) is 4.46. The van der Waals surface area contributed by atoms with Gasteiger partial charge in [-0.2, -0.15) is 0 Å². The molecule has 1 fully saturated rings. The van der Waals surface area contributed by atoms with Crippen molar-refractivity contribution in [2.75, 3.05) is 33.3 Å². The molecule has 0 saturated carbocycles. The number of nitrogens with one attached hydrogen (secondary N) is 1. The van der Waals surface area contributed by atoms with Crippen LogP contribution in [0.2, 0.25) is 5.02 Å². The number of benzene rings is 1. The van der Waals surface area contributed by atoms with Gasteiger partial charge in [-0.25, -0.2) is 0 Å². The molecule has 0 bridgehead atoms. The summed E-state index contributed by atoms with van der Waals surface area (Å²) in [5.41, 5.74) is 1.30. The van der Waals surface area contributed by atoms with Crippen LogP contribution in [-0.4, -0.2) is 44.3 Å². The van der Waals surface area contributed by atoms with Gasteiger partial charge in [0.25, 0.3) is 0 Å². The fourth-order valence-electron chi connectivity index (χ4n) is 2.58. The third-order valence-electron chi connectivity index (χ3n) is 3.68. The number of morpholine rings is 1. The fourth-order valence-corrected chi connectivity index (χ4v) is 2.70. The second-order valence-corrected chi connectivity index (χ2v) is 5.60. The van der Waals surface area contributed by atoms with Crippen LogP contribution in [0.15, 0.2) is 24.3 Å². The summed E-state index contributed by atoms with van der Waals surface area (Å²) in [6, 6.07) is 8.50. The first-order valence-electron chi connectivity index (χ1n) is 6.95. The van der Waals surface area contributed by atoms with Crippen molar-refractivity contribution in [1.82, 2.24) is 10.2 Å². The van der Waals surface area contributed by atoms with Crippen LogP contribution in [0.3, 0.4) is 0 Å². The van der Waals surface area contributed by atoms with Gasteiger partial charge in [0, 0.05) is 30.7 Å². The zero-order valence-electron chi connectivity index (χ0n) is 11.7. The molecule has 2 rings (SSSR count). The second kappa shape index (κ2) is 7.25. The molecule has 2 unspecified atom stereocenters. The summed E-state index contributed by atoms with van der Waals surface area (Å²) in [6.07, 6.45) is 1.46. The maximum atomic E-state index is 5.93. The van der Waals surface area contributed by atoms with Crippen LogP contribution in [0.1, 0.15) is 24.9 Å². The summed E-state index contributed by atoms with van der Waals surface area (Å²) in [5.74, 6) is 0. The lowest BCUT2D eigenvalue weighted by molar-refractivity contribution is -0.0191. The Morgan fingerprint density at radius 1 is 1.42 bits per heavy atom. The molecule has 3 nitrogen and oxygen atoms in total. The average molecular weight is 283 g/mol. The van der Waals surface area contributed by atoms with Crippen LogP contribution in [0.5, 0.6) is 0 Å². The highest BCUT2D eigenvalue weighted by Crippen LogP contribution is 2.20. The molecule has 1 heterocycles. The van der Waals surface area contributed by atoms with E-state index in [4.69, 9.17) is 16.3 Å². The molecule has 1 N–H and O–H groups in total. The lowest BCUT2D eigenvalue weighted by Gasteiger charge is -2.32. The molecule has 106 valence electrons. The molecule has 0 amide bonds. The van der Waals surface area contributed by atoms with Crippen molar-refractivity contribution in [3.63, 3.8) is 0 Å². The van der Waals surface area contributed by atoms with Crippen molar-refractivity contribution in [2.24, 2.45) is 0 Å². The molecule has 2 atom stereocenters. The van der Waals surface area contributed by atoms with Crippen LogP contribution >= 0.6 is 11.6 Å². The maximum Gasteiger partial charge on any atom is 0.0674 e. The smallest absolute Gasteiger partial charge is 0.0674 e. The first-order valence-corrected chi connectivity index (χ1v) is 7.33. The van der Waals surface area contributed by atoms with E-state index in [0.717, 1.165) is 37.7 Å². The molecule has 19 heavy (non-hydrogen) atoms. The Labute approximate surface area is 120 Å². The van der Waals surface area contributed by atoms with Gasteiger partial charge in [0.15, 0.2) is 0 Å². The molecular weight excluding hydrogens is 260 g/mol. The van der Waals surface area contributed by atoms with Gasteiger partial charge in [0.2, 0.25) is 0 Å². The van der Waals surface area contributed by atoms with Gasteiger partial charge >= 0.3 is 0 Å². The summed E-state index contributed by atoms with van der Waals surface area (Å²) < 4.78 is 5.57. The van der Waals surface area contributed by atoms with Crippen LogP contribution in [0.4, 0.5) is 0 Å². The minimum absolute atomic E-state index is 0.359. The predicted octanol–water partition coefficient (Wildman–Crippen LogP) is 2.71. The molecule has 1 saturated heterocycles. The zero-order valence-corrected chi connectivity index (χ0v) is 12.5. The molecule has 1 aliphatic heterocycles. The minimum atomic E-state index is 0.359. The highest BCUT2D eigenvalue weighted by molar-refractivity contribution is 6.30. The number of hydrogen-bond donors (Lipinski definition) is 1. The van der Waals surface area contributed by atoms with Crippen molar-refractivity contribution in [3.8, 4) is 0 Å². The summed E-state index contributed by atoms with van der Waals surface area (Å²) >= 11 is 5.93. The van der Waals surface area contributed by atoms with E-state index >= 15 is 0 Å². The van der Waals surface area contributed by atoms with Crippen LogP contribution in [0, 0.1) is 0 Å². The van der Waals surface area contributed by atoms with Crippen LogP contribution < -0.4 is 5.32 Å². The topological polar surface area (TPSA) is 24.5 Å². The van der Waals surface area contributed by atoms with E-state index in [1.54, 1.807) is 0 Å². The van der Waals surface area contributed by atoms with Gasteiger partial charge in [0.1, 0.15) is 0 Å². The SMILES string of the molecule is CNC(CCN1CCOC(C)C1)c1ccc(Cl)cc1. The number of halogens is 1. The Hall–Kier alpha value is -0.610. The van der Waals surface area contributed by atoms with E-state index in [1.807, 2.05) is 19.2 Å². The first-order chi connectivity index (χ1) is 9.19. The number of rotatable bonds is 5. The van der Waals surface area contributed by atoms with E-state index in [2.05, 4.69) is 29.3 Å². The van der Waals surface area contributed by atoms with Crippen molar-refractivity contribution >= 4 is 11.6 Å². The Bertz CT molecular complexity index is 382. The maximum absolute atomic E-state index is 5.93. The molecule has 1 aromatic rings. The van der Waals surface area contributed by atoms with Gasteiger partial charge in [-0.05, 0) is 38.1 Å². The third-order valence-corrected chi connectivity index (χ3v) is 3.93. The largest absolute Gasteiger partial charge is 0.376 e. The van der Waals surface area contributed by atoms with E-state index < -0.39 is 0 Å². The average Bonchev–Trinajstić information content (AvgIpc) is 2.41. The zero-order chi connectivity index (χ0) is 13.7. The predicted molar refractivity (Wildman–Crippen MR) is 79.7 cm³/mol. The van der Waals surface area contributed by atoms with Crippen molar-refractivity contribution < 1.29 is 4.74 Å². The Morgan fingerprint density at radius 2 is 2.16 bits per heavy atom. The molecule has 4 heteroatoms. The Kier molecular flexibility index (Phi) is 5.64. The summed E-state index contributed by atoms with van der Waals surface area (Å²) in [6.45, 7) is 6.17. The molecule has 1 aliphatic rings. The molecule has 0 aromatic heterocycles. The molecule has 0 radical (unpaired) electrons. The molecule has 0 aliphatic carbocycles. The quantitative estimate of drug-likeness (QED) is 0.899. The highest BCUT2D eigenvalue weighted by atomic mass is 35.5. The van der Waals surface area contributed by atoms with Gasteiger partial charge in [-0.15, -0.1) is 0 Å². The van der Waals surface area contributed by atoms with Gasteiger partial charge in [-0.1, -0.05) is 23.7 Å². The van der Waals surface area contributed by atoms with Crippen LogP contribution in [-0.2, 0) is 4.74 Å². The second-order valence-electron chi connectivity index (χ2n) is 5.16. The molecule has 0 spiro atoms. The summed E-state index contributed by atoms with van der Waals surface area (Å²) in [4.78, 5) is 2.48. The lowest BCUT2D eigenvalue weighted by atomic mass is 10.0. The number of ether oxygens (including phenoxy) is 1. The lowest BCUT2D eigenvalue weighted by Crippen LogP contribution is -2.42. The van der Waals surface area contributed by atoms with E-state index in [0.29, 0.717) is 12.1 Å². The Balaban J connectivity index is 1.87. The van der Waals surface area contributed by atoms with Crippen molar-refractivity contribution in [3.05, 3.63) is 34.9 Å². The standard InChI is InChI=1S/C15H23ClN2O/c1-12-11-18(9-10-19-12)8-7-15(17-2)13-3-5-14(16)6-4-13/h3-6,12,15,17H,7-11H2,1-2H3. The summed E-state index contributed by atoms with van der Waals surface area (Å²) in [7, 11) is 2.02. The normalized spacial score (nSPS) is 22.4. The minimum Gasteiger partial charge on any atom is -0.376 e. The van der Waals surface area contributed by atoms with Crippen molar-refractivity contribution in [2.45, 2.75) is 25.5 Å². The van der Waals surface area contributed by atoms with E-state index in [9.17, 15) is 0 Å². The molecular formula is C15H23ClN2O. The monoisotopic (exact) mass is 282 g/mol. The summed E-state index contributed by atoms with van der Waals surface area (Å²) in [5, 5.41) is 4.18. The van der Waals surface area contributed by atoms with E-state index in [1.165, 1.54) is 5.56 Å². The van der Waals surface area contributed by atoms with Crippen molar-refractivity contribution in [1.29, 1.82) is 0 Å². The van der Waals surface area contributed by atoms with Crippen LogP contribution in [0.25, 0.3) is 0 Å². The van der Waals surface area contributed by atoms with E-state index in [-0.39, 0.29) is 0 Å². The first kappa shape index (κ1) is 14.8. The van der Waals surface area contributed by atoms with Gasteiger partial charge in [-0.3, -0.25) is 4.90 Å². The fraction of sp³-hybridized carbons (Fsp3) is 0.600. The van der Waals surface area contributed by atoms with Gasteiger partial charge < -0.3 is 10.1 Å². The van der Waals surface area contributed by atoms with Gasteiger partial charge in [0.05, 0.1) is 12.7 Å². The highest BCUT2D eigenvalue weighted by Gasteiger charge is 2.18.